The van der Waals surface area contributed by atoms with E-state index in [1.807, 2.05) is 11.3 Å². The number of hydrogen-bond acceptors (Lipinski definition) is 3. The second kappa shape index (κ2) is 5.00. The average Bonchev–Trinajstić information content (AvgIpc) is 2.91. The topological polar surface area (TPSA) is 18.5 Å². The van der Waals surface area contributed by atoms with Crippen LogP contribution in [0, 0.1) is 0 Å². The minimum absolute atomic E-state index is 0.295. The molecule has 1 aliphatic carbocycles. The van der Waals surface area contributed by atoms with Crippen LogP contribution in [0.2, 0.25) is 0 Å². The van der Waals surface area contributed by atoms with Gasteiger partial charge in [0.15, 0.2) is 5.79 Å². The lowest BCUT2D eigenvalue weighted by molar-refractivity contribution is -0.163. The molecular weight excluding hydrogens is 288 g/mol. The lowest BCUT2D eigenvalue weighted by Gasteiger charge is -2.31. The van der Waals surface area contributed by atoms with Gasteiger partial charge in [0.2, 0.25) is 0 Å². The van der Waals surface area contributed by atoms with Crippen LogP contribution in [0.25, 0.3) is 0 Å². The van der Waals surface area contributed by atoms with Crippen LogP contribution in [0.1, 0.15) is 16.9 Å². The second-order valence-corrected chi connectivity index (χ2v) is 5.59. The summed E-state index contributed by atoms with van der Waals surface area (Å²) in [6, 6.07) is 0. The third kappa shape index (κ3) is 2.12. The van der Waals surface area contributed by atoms with Gasteiger partial charge in [-0.1, -0.05) is 0 Å². The first-order valence-electron chi connectivity index (χ1n) is 5.32. The number of halogens is 1. The fraction of sp³-hybridized carbons (Fsp3) is 0.500. The number of hydrogen-bond donors (Lipinski definition) is 0. The Bertz CT molecular complexity index is 369. The molecular formula is C12H15BrO2S. The van der Waals surface area contributed by atoms with Crippen LogP contribution in [0.15, 0.2) is 23.0 Å². The summed E-state index contributed by atoms with van der Waals surface area (Å²) in [5.41, 5.74) is 1.39. The Labute approximate surface area is 108 Å². The number of rotatable bonds is 0. The predicted octanol–water partition coefficient (Wildman–Crippen LogP) is 3.54. The molecule has 1 aromatic rings. The molecule has 1 spiro atoms. The number of ether oxygens (including phenoxy) is 2. The Hall–Kier alpha value is -0.160. The zero-order valence-corrected chi connectivity index (χ0v) is 11.5. The maximum absolute atomic E-state index is 5.72. The maximum atomic E-state index is 5.72. The predicted molar refractivity (Wildman–Crippen MR) is 69.9 cm³/mol. The molecule has 1 aromatic heterocycles. The summed E-state index contributed by atoms with van der Waals surface area (Å²) in [5.74, 6) is -0.295. The van der Waals surface area contributed by atoms with Crippen molar-refractivity contribution in [2.45, 2.75) is 25.0 Å². The van der Waals surface area contributed by atoms with E-state index >= 15 is 0 Å². The normalized spacial score (nSPS) is 21.3. The van der Waals surface area contributed by atoms with Crippen LogP contribution in [0.5, 0.6) is 0 Å². The largest absolute Gasteiger partial charge is 0.347 e. The Morgan fingerprint density at radius 3 is 2.69 bits per heavy atom. The molecule has 2 aliphatic rings. The fourth-order valence-electron chi connectivity index (χ4n) is 2.20. The molecule has 0 aromatic carbocycles. The standard InChI is InChI=1S/C10H11BrO2S.C2H4/c11-8-6-14-9-1-2-10(5-7(8)9)12-3-4-13-10;1-2/h6H,1-5H2;1-2H2. The van der Waals surface area contributed by atoms with Crippen LogP contribution >= 0.6 is 27.3 Å². The van der Waals surface area contributed by atoms with Crippen molar-refractivity contribution in [3.63, 3.8) is 0 Å². The van der Waals surface area contributed by atoms with Gasteiger partial charge in [0, 0.05) is 27.6 Å². The SMILES string of the molecule is Brc1csc2c1CC1(CC2)OCCO1.C=C. The average molecular weight is 303 g/mol. The smallest absolute Gasteiger partial charge is 0.172 e. The summed E-state index contributed by atoms with van der Waals surface area (Å²) in [5, 5.41) is 2.17. The molecule has 4 heteroatoms. The van der Waals surface area contributed by atoms with E-state index in [-0.39, 0.29) is 5.79 Å². The molecule has 1 aliphatic heterocycles. The first-order chi connectivity index (χ1) is 7.79. The van der Waals surface area contributed by atoms with Crippen molar-refractivity contribution < 1.29 is 9.47 Å². The van der Waals surface area contributed by atoms with Gasteiger partial charge in [-0.2, -0.15) is 0 Å². The van der Waals surface area contributed by atoms with Gasteiger partial charge in [0.05, 0.1) is 13.2 Å². The van der Waals surface area contributed by atoms with Crippen molar-refractivity contribution in [3.05, 3.63) is 33.5 Å². The van der Waals surface area contributed by atoms with Crippen molar-refractivity contribution in [3.8, 4) is 0 Å². The minimum Gasteiger partial charge on any atom is -0.347 e. The highest BCUT2D eigenvalue weighted by Crippen LogP contribution is 2.40. The van der Waals surface area contributed by atoms with Crippen molar-refractivity contribution in [1.82, 2.24) is 0 Å². The number of aryl methyl sites for hydroxylation is 1. The molecule has 1 saturated heterocycles. The second-order valence-electron chi connectivity index (χ2n) is 3.77. The van der Waals surface area contributed by atoms with Gasteiger partial charge >= 0.3 is 0 Å². The molecule has 2 nitrogen and oxygen atoms in total. The summed E-state index contributed by atoms with van der Waals surface area (Å²) in [6.07, 6.45) is 3.00. The number of fused-ring (bicyclic) bond motifs is 1. The lowest BCUT2D eigenvalue weighted by Crippen LogP contribution is -2.36. The van der Waals surface area contributed by atoms with Crippen molar-refractivity contribution in [1.29, 1.82) is 0 Å². The van der Waals surface area contributed by atoms with E-state index in [0.717, 1.165) is 32.5 Å². The Morgan fingerprint density at radius 2 is 2.00 bits per heavy atom. The summed E-state index contributed by atoms with van der Waals surface area (Å²) in [7, 11) is 0. The van der Waals surface area contributed by atoms with Crippen molar-refractivity contribution in [2.24, 2.45) is 0 Å². The molecule has 1 fully saturated rings. The molecule has 0 saturated carbocycles. The van der Waals surface area contributed by atoms with E-state index in [0.29, 0.717) is 0 Å². The summed E-state index contributed by atoms with van der Waals surface area (Å²) >= 11 is 5.42. The van der Waals surface area contributed by atoms with Gasteiger partial charge in [-0.15, -0.1) is 24.5 Å². The van der Waals surface area contributed by atoms with Crippen molar-refractivity contribution in [2.75, 3.05) is 13.2 Å². The zero-order chi connectivity index (χ0) is 11.6. The monoisotopic (exact) mass is 302 g/mol. The molecule has 0 atom stereocenters. The quantitative estimate of drug-likeness (QED) is 0.683. The molecule has 88 valence electrons. The summed E-state index contributed by atoms with van der Waals surface area (Å²) in [6.45, 7) is 7.49. The van der Waals surface area contributed by atoms with E-state index in [4.69, 9.17) is 9.47 Å². The van der Waals surface area contributed by atoms with E-state index < -0.39 is 0 Å². The third-order valence-electron chi connectivity index (χ3n) is 2.92. The molecule has 0 unspecified atom stereocenters. The zero-order valence-electron chi connectivity index (χ0n) is 9.13. The van der Waals surface area contributed by atoms with Crippen LogP contribution < -0.4 is 0 Å². The van der Waals surface area contributed by atoms with Crippen LogP contribution in [-0.2, 0) is 22.3 Å². The Kier molecular flexibility index (Phi) is 3.85. The maximum Gasteiger partial charge on any atom is 0.172 e. The van der Waals surface area contributed by atoms with Gasteiger partial charge in [0.25, 0.3) is 0 Å². The van der Waals surface area contributed by atoms with Gasteiger partial charge < -0.3 is 9.47 Å². The summed E-state index contributed by atoms with van der Waals surface area (Å²) in [4.78, 5) is 1.49. The Morgan fingerprint density at radius 1 is 1.31 bits per heavy atom. The highest BCUT2D eigenvalue weighted by atomic mass is 79.9. The van der Waals surface area contributed by atoms with Gasteiger partial charge in [-0.25, -0.2) is 0 Å². The molecule has 2 heterocycles. The fourth-order valence-corrected chi connectivity index (χ4v) is 3.92. The van der Waals surface area contributed by atoms with Crippen LogP contribution in [0.3, 0.4) is 0 Å². The highest BCUT2D eigenvalue weighted by Gasteiger charge is 2.40. The highest BCUT2D eigenvalue weighted by molar-refractivity contribution is 9.10. The molecule has 0 bridgehead atoms. The minimum atomic E-state index is -0.295. The van der Waals surface area contributed by atoms with Crippen molar-refractivity contribution >= 4 is 27.3 Å². The van der Waals surface area contributed by atoms with Crippen LogP contribution in [0.4, 0.5) is 0 Å². The molecule has 0 radical (unpaired) electrons. The van der Waals surface area contributed by atoms with Gasteiger partial charge in [-0.05, 0) is 27.9 Å². The molecule has 0 amide bonds. The number of thiophene rings is 1. The van der Waals surface area contributed by atoms with Gasteiger partial charge in [-0.3, -0.25) is 0 Å². The van der Waals surface area contributed by atoms with Crippen LogP contribution in [-0.4, -0.2) is 19.0 Å². The summed E-state index contributed by atoms with van der Waals surface area (Å²) < 4.78 is 12.7. The van der Waals surface area contributed by atoms with E-state index in [2.05, 4.69) is 34.5 Å². The first kappa shape index (κ1) is 12.3. The van der Waals surface area contributed by atoms with Gasteiger partial charge in [0.1, 0.15) is 0 Å². The van der Waals surface area contributed by atoms with E-state index in [1.165, 1.54) is 14.9 Å². The first-order valence-corrected chi connectivity index (χ1v) is 6.99. The molecule has 3 rings (SSSR count). The lowest BCUT2D eigenvalue weighted by atomic mass is 9.93. The van der Waals surface area contributed by atoms with E-state index in [1.54, 1.807) is 0 Å². The molecule has 16 heavy (non-hydrogen) atoms. The molecule has 0 N–H and O–H groups in total. The third-order valence-corrected chi connectivity index (χ3v) is 5.02. The van der Waals surface area contributed by atoms with E-state index in [9.17, 15) is 0 Å². The Balaban J connectivity index is 0.000000457.